The van der Waals surface area contributed by atoms with Crippen LogP contribution in [0.15, 0.2) is 48.5 Å². The van der Waals surface area contributed by atoms with E-state index < -0.39 is 18.1 Å². The van der Waals surface area contributed by atoms with Crippen molar-refractivity contribution in [2.24, 2.45) is 0 Å². The molecule has 2 aliphatic rings. The number of carbonyl (C=O) groups is 2. The molecule has 0 radical (unpaired) electrons. The van der Waals surface area contributed by atoms with Crippen LogP contribution in [0.2, 0.25) is 0 Å². The van der Waals surface area contributed by atoms with Crippen molar-refractivity contribution in [3.05, 3.63) is 59.7 Å². The van der Waals surface area contributed by atoms with Gasteiger partial charge < -0.3 is 9.84 Å². The van der Waals surface area contributed by atoms with Crippen LogP contribution in [0.5, 0.6) is 0 Å². The quantitative estimate of drug-likeness (QED) is 0.914. The Balaban J connectivity index is 1.53. The van der Waals surface area contributed by atoms with E-state index in [0.717, 1.165) is 11.1 Å². The molecule has 1 atom stereocenters. The van der Waals surface area contributed by atoms with Crippen molar-refractivity contribution in [2.75, 3.05) is 18.2 Å². The van der Waals surface area contributed by atoms with Gasteiger partial charge in [-0.05, 0) is 22.3 Å². The highest BCUT2D eigenvalue weighted by molar-refractivity contribution is 7.99. The first-order valence-corrected chi connectivity index (χ1v) is 9.24. The lowest BCUT2D eigenvalue weighted by atomic mass is 9.98. The van der Waals surface area contributed by atoms with Crippen LogP contribution >= 0.6 is 11.8 Å². The van der Waals surface area contributed by atoms with Gasteiger partial charge in [-0.2, -0.15) is 0 Å². The number of hydrogen-bond donors (Lipinski definition) is 1. The number of fused-ring (bicyclic) bond motifs is 3. The van der Waals surface area contributed by atoms with Crippen LogP contribution in [0.1, 0.15) is 17.0 Å². The molecule has 1 aliphatic carbocycles. The van der Waals surface area contributed by atoms with Crippen LogP contribution in [0.4, 0.5) is 4.79 Å². The molecule has 1 fully saturated rings. The first-order chi connectivity index (χ1) is 12.2. The fourth-order valence-electron chi connectivity index (χ4n) is 3.50. The van der Waals surface area contributed by atoms with Crippen LogP contribution in [-0.2, 0) is 9.53 Å². The second-order valence-electron chi connectivity index (χ2n) is 6.13. The topological polar surface area (TPSA) is 66.8 Å². The molecule has 1 N–H and O–H groups in total. The van der Waals surface area contributed by atoms with Gasteiger partial charge in [0, 0.05) is 11.7 Å². The van der Waals surface area contributed by atoms with Crippen molar-refractivity contribution in [3.8, 4) is 11.1 Å². The number of carbonyl (C=O) groups excluding carboxylic acids is 1. The number of carboxylic acid groups (broad SMARTS) is 1. The molecule has 4 rings (SSSR count). The lowest BCUT2D eigenvalue weighted by Crippen LogP contribution is -2.42. The Bertz CT molecular complexity index is 792. The molecule has 1 aliphatic heterocycles. The van der Waals surface area contributed by atoms with E-state index in [4.69, 9.17) is 4.74 Å². The smallest absolute Gasteiger partial charge is 0.411 e. The zero-order valence-corrected chi connectivity index (χ0v) is 14.2. The molecule has 2 aromatic carbocycles. The van der Waals surface area contributed by atoms with Crippen LogP contribution in [0.3, 0.4) is 0 Å². The molecule has 0 aromatic heterocycles. The molecule has 0 saturated carbocycles. The minimum atomic E-state index is -0.987. The van der Waals surface area contributed by atoms with Gasteiger partial charge in [-0.1, -0.05) is 48.5 Å². The number of carboxylic acids is 1. The van der Waals surface area contributed by atoms with Crippen molar-refractivity contribution in [1.82, 2.24) is 4.90 Å². The number of hydrogen-bond acceptors (Lipinski definition) is 4. The summed E-state index contributed by atoms with van der Waals surface area (Å²) in [6.07, 6.45) is -0.556. The van der Waals surface area contributed by atoms with Crippen molar-refractivity contribution in [2.45, 2.75) is 12.0 Å². The summed E-state index contributed by atoms with van der Waals surface area (Å²) in [6.45, 7) is 0.209. The number of aliphatic carboxylic acids is 1. The van der Waals surface area contributed by atoms with Gasteiger partial charge >= 0.3 is 12.1 Å². The third kappa shape index (κ3) is 2.76. The molecule has 1 amide bonds. The summed E-state index contributed by atoms with van der Waals surface area (Å²) < 4.78 is 5.51. The second-order valence-corrected chi connectivity index (χ2v) is 7.13. The first kappa shape index (κ1) is 16.0. The molecule has 6 heteroatoms. The predicted molar refractivity (Wildman–Crippen MR) is 95.7 cm³/mol. The average molecular weight is 355 g/mol. The second kappa shape index (κ2) is 6.44. The average Bonchev–Trinajstić information content (AvgIpc) is 3.23. The molecular formula is C19H17NO4S. The number of benzene rings is 2. The summed E-state index contributed by atoms with van der Waals surface area (Å²) in [4.78, 5) is 24.9. The zero-order valence-electron chi connectivity index (χ0n) is 13.4. The van der Waals surface area contributed by atoms with E-state index in [1.807, 2.05) is 24.3 Å². The van der Waals surface area contributed by atoms with Gasteiger partial charge in [-0.3, -0.25) is 4.90 Å². The van der Waals surface area contributed by atoms with Gasteiger partial charge in [0.25, 0.3) is 0 Å². The molecule has 0 bridgehead atoms. The summed E-state index contributed by atoms with van der Waals surface area (Å²) in [5.41, 5.74) is 4.61. The number of nitrogens with zero attached hydrogens (tertiary/aromatic N) is 1. The van der Waals surface area contributed by atoms with E-state index in [1.165, 1.54) is 27.8 Å². The van der Waals surface area contributed by atoms with Crippen molar-refractivity contribution in [1.29, 1.82) is 0 Å². The summed E-state index contributed by atoms with van der Waals surface area (Å²) >= 11 is 1.43. The van der Waals surface area contributed by atoms with Crippen LogP contribution in [-0.4, -0.2) is 46.3 Å². The summed E-state index contributed by atoms with van der Waals surface area (Å²) in [5, 5.41) is 9.21. The highest BCUT2D eigenvalue weighted by Crippen LogP contribution is 2.44. The van der Waals surface area contributed by atoms with Crippen LogP contribution < -0.4 is 0 Å². The molecule has 128 valence electrons. The van der Waals surface area contributed by atoms with Gasteiger partial charge in [0.2, 0.25) is 0 Å². The van der Waals surface area contributed by atoms with Gasteiger partial charge in [-0.25, -0.2) is 9.59 Å². The number of thioether (sulfide) groups is 1. The lowest BCUT2D eigenvalue weighted by molar-refractivity contribution is -0.141. The molecule has 1 saturated heterocycles. The Morgan fingerprint density at radius 1 is 1.08 bits per heavy atom. The fourth-order valence-corrected chi connectivity index (χ4v) is 4.64. The van der Waals surface area contributed by atoms with Crippen molar-refractivity contribution < 1.29 is 19.4 Å². The van der Waals surface area contributed by atoms with E-state index in [0.29, 0.717) is 11.6 Å². The Labute approximate surface area is 149 Å². The minimum absolute atomic E-state index is 0.0186. The lowest BCUT2D eigenvalue weighted by Gasteiger charge is -2.21. The Morgan fingerprint density at radius 2 is 1.68 bits per heavy atom. The Hall–Kier alpha value is -2.47. The summed E-state index contributed by atoms with van der Waals surface area (Å²) in [6, 6.07) is 15.4. The van der Waals surface area contributed by atoms with Gasteiger partial charge in [-0.15, -0.1) is 11.8 Å². The van der Waals surface area contributed by atoms with Gasteiger partial charge in [0.15, 0.2) is 0 Å². The third-order valence-electron chi connectivity index (χ3n) is 4.74. The van der Waals surface area contributed by atoms with Crippen molar-refractivity contribution >= 4 is 23.8 Å². The zero-order chi connectivity index (χ0) is 17.4. The van der Waals surface area contributed by atoms with E-state index in [9.17, 15) is 14.7 Å². The number of ether oxygens (including phenoxy) is 1. The summed E-state index contributed by atoms with van der Waals surface area (Å²) in [5.74, 6) is -0.249. The molecular weight excluding hydrogens is 338 g/mol. The highest BCUT2D eigenvalue weighted by atomic mass is 32.2. The van der Waals surface area contributed by atoms with Crippen molar-refractivity contribution in [3.63, 3.8) is 0 Å². The third-order valence-corrected chi connectivity index (χ3v) is 5.75. The molecule has 2 aromatic rings. The molecule has 5 nitrogen and oxygen atoms in total. The van der Waals surface area contributed by atoms with Gasteiger partial charge in [0.1, 0.15) is 12.6 Å². The van der Waals surface area contributed by atoms with Crippen LogP contribution in [0.25, 0.3) is 11.1 Å². The fraction of sp³-hybridized carbons (Fsp3) is 0.263. The normalized spacial score (nSPS) is 18.7. The molecule has 1 heterocycles. The number of rotatable bonds is 3. The number of amides is 1. The largest absolute Gasteiger partial charge is 0.480 e. The molecule has 25 heavy (non-hydrogen) atoms. The van der Waals surface area contributed by atoms with Gasteiger partial charge in [0.05, 0.1) is 5.88 Å². The van der Waals surface area contributed by atoms with E-state index in [1.54, 1.807) is 0 Å². The highest BCUT2D eigenvalue weighted by Gasteiger charge is 2.36. The SMILES string of the molecule is O=C(O)C1CSCN1C(=O)OCC1c2ccccc2-c2ccccc21. The standard InChI is InChI=1S/C19H17NO4S/c21-18(22)17-10-25-11-20(17)19(23)24-9-16-14-7-3-1-5-12(14)13-6-2-4-8-15(13)16/h1-8,16-17H,9-11H2,(H,21,22). The Kier molecular flexibility index (Phi) is 4.13. The maximum atomic E-state index is 12.4. The minimum Gasteiger partial charge on any atom is -0.480 e. The Morgan fingerprint density at radius 3 is 2.28 bits per heavy atom. The monoisotopic (exact) mass is 355 g/mol. The summed E-state index contributed by atoms with van der Waals surface area (Å²) in [7, 11) is 0. The predicted octanol–water partition coefficient (Wildman–Crippen LogP) is 3.40. The van der Waals surface area contributed by atoms with E-state index in [-0.39, 0.29) is 12.5 Å². The molecule has 1 unspecified atom stereocenters. The van der Waals surface area contributed by atoms with Crippen LogP contribution in [0, 0.1) is 0 Å². The van der Waals surface area contributed by atoms with E-state index >= 15 is 0 Å². The maximum absolute atomic E-state index is 12.4. The van der Waals surface area contributed by atoms with E-state index in [2.05, 4.69) is 24.3 Å². The molecule has 0 spiro atoms. The maximum Gasteiger partial charge on any atom is 0.411 e. The first-order valence-electron chi connectivity index (χ1n) is 8.09.